The molecule has 1 unspecified atom stereocenters. The Hall–Kier alpha value is -2.47. The zero-order valence-corrected chi connectivity index (χ0v) is 14.6. The van der Waals surface area contributed by atoms with E-state index >= 15 is 0 Å². The summed E-state index contributed by atoms with van der Waals surface area (Å²) in [6.07, 6.45) is 8.88. The highest BCUT2D eigenvalue weighted by atomic mass is 16.5. The van der Waals surface area contributed by atoms with Crippen LogP contribution < -0.4 is 10.1 Å². The van der Waals surface area contributed by atoms with Crippen molar-refractivity contribution in [2.24, 2.45) is 0 Å². The lowest BCUT2D eigenvalue weighted by Crippen LogP contribution is -2.46. The number of nitrogens with one attached hydrogen (secondary N) is 1. The second-order valence-corrected chi connectivity index (χ2v) is 6.92. The van der Waals surface area contributed by atoms with Gasteiger partial charge in [-0.05, 0) is 36.8 Å². The van der Waals surface area contributed by atoms with Gasteiger partial charge in [-0.25, -0.2) is 4.98 Å². The summed E-state index contributed by atoms with van der Waals surface area (Å²) in [7, 11) is 0. The van der Waals surface area contributed by atoms with Crippen LogP contribution in [0.4, 0.5) is 0 Å². The van der Waals surface area contributed by atoms with Crippen molar-refractivity contribution >= 4 is 5.91 Å². The molecule has 26 heavy (non-hydrogen) atoms. The van der Waals surface area contributed by atoms with Crippen LogP contribution in [-0.4, -0.2) is 34.1 Å². The zero-order valence-electron chi connectivity index (χ0n) is 14.6. The largest absolute Gasteiger partial charge is 0.473 e. The third kappa shape index (κ3) is 4.02. The average molecular weight is 353 g/mol. The van der Waals surface area contributed by atoms with Gasteiger partial charge in [0.25, 0.3) is 0 Å². The summed E-state index contributed by atoms with van der Waals surface area (Å²) in [5.41, 5.74) is 2.39. The number of ether oxygens (including phenoxy) is 2. The normalized spacial score (nSPS) is 25.2. The average Bonchev–Trinajstić information content (AvgIpc) is 2.70. The molecule has 4 rings (SSSR count). The topological polar surface area (TPSA) is 73.3 Å². The van der Waals surface area contributed by atoms with Gasteiger partial charge in [-0.2, -0.15) is 0 Å². The molecule has 1 aromatic heterocycles. The van der Waals surface area contributed by atoms with Crippen LogP contribution in [0.3, 0.4) is 0 Å². The molecule has 1 amide bonds. The van der Waals surface area contributed by atoms with Gasteiger partial charge in [0.1, 0.15) is 12.2 Å². The minimum atomic E-state index is -0.390. The Morgan fingerprint density at radius 2 is 1.92 bits per heavy atom. The molecule has 1 saturated carbocycles. The van der Waals surface area contributed by atoms with Crippen LogP contribution in [0.5, 0.6) is 5.88 Å². The van der Waals surface area contributed by atoms with Crippen LogP contribution in [0.1, 0.15) is 36.8 Å². The third-order valence-electron chi connectivity index (χ3n) is 5.10. The summed E-state index contributed by atoms with van der Waals surface area (Å²) in [6.45, 7) is 0.507. The van der Waals surface area contributed by atoms with Crippen LogP contribution in [-0.2, 0) is 22.6 Å². The predicted molar refractivity (Wildman–Crippen MR) is 95.6 cm³/mol. The molecule has 1 atom stereocenters. The maximum absolute atomic E-state index is 12.6. The first kappa shape index (κ1) is 17.0. The standard InChI is InChI=1S/C20H23N3O3/c24-20(18-11-14-3-1-2-4-15(14)13-25-18)23-16-5-7-17(8-6-16)26-19-12-21-9-10-22-19/h1-4,9-10,12,16-18H,5-8,11,13H2,(H,23,24). The highest BCUT2D eigenvalue weighted by Gasteiger charge is 2.29. The quantitative estimate of drug-likeness (QED) is 0.914. The Kier molecular flexibility index (Phi) is 5.11. The molecular formula is C20H23N3O3. The molecule has 6 heteroatoms. The van der Waals surface area contributed by atoms with Crippen molar-refractivity contribution in [3.8, 4) is 5.88 Å². The summed E-state index contributed by atoms with van der Waals surface area (Å²) >= 11 is 0. The molecule has 1 fully saturated rings. The number of fused-ring (bicyclic) bond motifs is 1. The van der Waals surface area contributed by atoms with Gasteiger partial charge in [0.15, 0.2) is 0 Å². The Balaban J connectivity index is 1.25. The van der Waals surface area contributed by atoms with Gasteiger partial charge in [-0.1, -0.05) is 24.3 Å². The fourth-order valence-corrected chi connectivity index (χ4v) is 3.65. The number of nitrogens with zero attached hydrogens (tertiary/aromatic N) is 2. The first-order valence-corrected chi connectivity index (χ1v) is 9.19. The predicted octanol–water partition coefficient (Wildman–Crippen LogP) is 2.42. The van der Waals surface area contributed by atoms with Crippen molar-refractivity contribution in [2.45, 2.75) is 57.0 Å². The maximum atomic E-state index is 12.6. The van der Waals surface area contributed by atoms with E-state index in [2.05, 4.69) is 27.4 Å². The van der Waals surface area contributed by atoms with Crippen LogP contribution in [0, 0.1) is 0 Å². The Bertz CT molecular complexity index is 745. The van der Waals surface area contributed by atoms with Crippen molar-refractivity contribution in [2.75, 3.05) is 0 Å². The summed E-state index contributed by atoms with van der Waals surface area (Å²) in [5.74, 6) is 0.562. The molecule has 0 saturated heterocycles. The minimum absolute atomic E-state index is 0.00204. The molecule has 136 valence electrons. The molecule has 1 aliphatic carbocycles. The highest BCUT2D eigenvalue weighted by molar-refractivity contribution is 5.81. The monoisotopic (exact) mass is 353 g/mol. The molecule has 6 nitrogen and oxygen atoms in total. The van der Waals surface area contributed by atoms with Crippen LogP contribution in [0.15, 0.2) is 42.9 Å². The number of aromatic nitrogens is 2. The molecule has 2 heterocycles. The van der Waals surface area contributed by atoms with Gasteiger partial charge < -0.3 is 14.8 Å². The van der Waals surface area contributed by atoms with Crippen LogP contribution in [0.25, 0.3) is 0 Å². The maximum Gasteiger partial charge on any atom is 0.249 e. The molecular weight excluding hydrogens is 330 g/mol. The van der Waals surface area contributed by atoms with E-state index in [0.717, 1.165) is 25.7 Å². The van der Waals surface area contributed by atoms with Crippen LogP contribution >= 0.6 is 0 Å². The SMILES string of the molecule is O=C(NC1CCC(Oc2cnccn2)CC1)C1Cc2ccccc2CO1. The lowest BCUT2D eigenvalue weighted by atomic mass is 9.92. The lowest BCUT2D eigenvalue weighted by Gasteiger charge is -2.31. The van der Waals surface area contributed by atoms with Crippen molar-refractivity contribution in [3.05, 3.63) is 54.0 Å². The molecule has 2 aliphatic rings. The van der Waals surface area contributed by atoms with E-state index in [4.69, 9.17) is 9.47 Å². The van der Waals surface area contributed by atoms with Gasteiger partial charge in [0.05, 0.1) is 12.8 Å². The summed E-state index contributed by atoms with van der Waals surface area (Å²) < 4.78 is 11.6. The Labute approximate surface area is 153 Å². The number of benzene rings is 1. The van der Waals surface area contributed by atoms with E-state index < -0.39 is 6.10 Å². The second-order valence-electron chi connectivity index (χ2n) is 6.92. The van der Waals surface area contributed by atoms with Crippen molar-refractivity contribution < 1.29 is 14.3 Å². The summed E-state index contributed by atoms with van der Waals surface area (Å²) in [5, 5.41) is 3.16. The molecule has 1 N–H and O–H groups in total. The number of hydrogen-bond donors (Lipinski definition) is 1. The third-order valence-corrected chi connectivity index (χ3v) is 5.10. The van der Waals surface area contributed by atoms with Gasteiger partial charge >= 0.3 is 0 Å². The van der Waals surface area contributed by atoms with Crippen LogP contribution in [0.2, 0.25) is 0 Å². The van der Waals surface area contributed by atoms with E-state index in [1.165, 1.54) is 11.1 Å². The van der Waals surface area contributed by atoms with Crippen molar-refractivity contribution in [1.82, 2.24) is 15.3 Å². The van der Waals surface area contributed by atoms with Crippen molar-refractivity contribution in [3.63, 3.8) is 0 Å². The van der Waals surface area contributed by atoms with Gasteiger partial charge in [0.2, 0.25) is 11.8 Å². The number of amides is 1. The van der Waals surface area contributed by atoms with E-state index in [1.807, 2.05) is 12.1 Å². The van der Waals surface area contributed by atoms with Gasteiger partial charge in [-0.15, -0.1) is 0 Å². The zero-order chi connectivity index (χ0) is 17.8. The second kappa shape index (κ2) is 7.83. The molecule has 1 aliphatic heterocycles. The Morgan fingerprint density at radius 3 is 2.69 bits per heavy atom. The minimum Gasteiger partial charge on any atom is -0.473 e. The first-order valence-electron chi connectivity index (χ1n) is 9.19. The summed E-state index contributed by atoms with van der Waals surface area (Å²) in [4.78, 5) is 20.7. The Morgan fingerprint density at radius 1 is 1.12 bits per heavy atom. The summed E-state index contributed by atoms with van der Waals surface area (Å²) in [6, 6.07) is 8.33. The fourth-order valence-electron chi connectivity index (χ4n) is 3.65. The fraction of sp³-hybridized carbons (Fsp3) is 0.450. The van der Waals surface area contributed by atoms with Gasteiger partial charge in [-0.3, -0.25) is 9.78 Å². The van der Waals surface area contributed by atoms with E-state index in [1.54, 1.807) is 18.6 Å². The molecule has 2 aromatic rings. The van der Waals surface area contributed by atoms with E-state index in [9.17, 15) is 4.79 Å². The molecule has 0 bridgehead atoms. The number of carbonyl (C=O) groups is 1. The lowest BCUT2D eigenvalue weighted by molar-refractivity contribution is -0.135. The smallest absolute Gasteiger partial charge is 0.249 e. The molecule has 0 radical (unpaired) electrons. The molecule has 0 spiro atoms. The first-order chi connectivity index (χ1) is 12.8. The van der Waals surface area contributed by atoms with E-state index in [0.29, 0.717) is 18.9 Å². The highest BCUT2D eigenvalue weighted by Crippen LogP contribution is 2.24. The van der Waals surface area contributed by atoms with Crippen molar-refractivity contribution in [1.29, 1.82) is 0 Å². The number of hydrogen-bond acceptors (Lipinski definition) is 5. The van der Waals surface area contributed by atoms with E-state index in [-0.39, 0.29) is 18.1 Å². The number of carbonyl (C=O) groups excluding carboxylic acids is 1. The molecule has 1 aromatic carbocycles. The number of rotatable bonds is 4. The van der Waals surface area contributed by atoms with Gasteiger partial charge in [0, 0.05) is 24.9 Å².